The number of epoxide rings is 1. The van der Waals surface area contributed by atoms with Gasteiger partial charge in [-0.2, -0.15) is 0 Å². The normalized spacial score (nSPS) is 27.3. The van der Waals surface area contributed by atoms with Gasteiger partial charge >= 0.3 is 0 Å². The molecule has 0 spiro atoms. The summed E-state index contributed by atoms with van der Waals surface area (Å²) in [5.41, 5.74) is 1.32. The molecule has 2 rings (SSSR count). The van der Waals surface area contributed by atoms with E-state index in [9.17, 15) is 0 Å². The van der Waals surface area contributed by atoms with E-state index in [0.29, 0.717) is 5.92 Å². The molecule has 2 nitrogen and oxygen atoms in total. The molecule has 1 aromatic rings. The summed E-state index contributed by atoms with van der Waals surface area (Å²) in [5.74, 6) is 0.424. The minimum Gasteiger partial charge on any atom is -0.350 e. The number of ether oxygens (including phenoxy) is 2. The highest BCUT2D eigenvalue weighted by atomic mass is 16.8. The van der Waals surface area contributed by atoms with Crippen LogP contribution < -0.4 is 0 Å². The van der Waals surface area contributed by atoms with Gasteiger partial charge in [0.2, 0.25) is 0 Å². The maximum Gasteiger partial charge on any atom is 0.184 e. The van der Waals surface area contributed by atoms with Crippen LogP contribution in [0.3, 0.4) is 0 Å². The summed E-state index contributed by atoms with van der Waals surface area (Å²) >= 11 is 0. The van der Waals surface area contributed by atoms with E-state index in [4.69, 9.17) is 9.47 Å². The second-order valence-corrected chi connectivity index (χ2v) is 3.62. The lowest BCUT2D eigenvalue weighted by atomic mass is 9.98. The van der Waals surface area contributed by atoms with Crippen molar-refractivity contribution in [2.24, 2.45) is 0 Å². The lowest BCUT2D eigenvalue weighted by molar-refractivity contribution is 0.0593. The molecular weight excluding hydrogens is 176 g/mol. The molecule has 0 aromatic heterocycles. The van der Waals surface area contributed by atoms with Crippen molar-refractivity contribution in [3.8, 4) is 0 Å². The minimum absolute atomic E-state index is 0.0233. The van der Waals surface area contributed by atoms with Crippen molar-refractivity contribution in [3.05, 3.63) is 35.9 Å². The molecule has 76 valence electrons. The van der Waals surface area contributed by atoms with E-state index >= 15 is 0 Å². The Hall–Kier alpha value is -0.860. The van der Waals surface area contributed by atoms with Crippen molar-refractivity contribution in [3.63, 3.8) is 0 Å². The van der Waals surface area contributed by atoms with Gasteiger partial charge in [0.25, 0.3) is 0 Å². The topological polar surface area (TPSA) is 21.8 Å². The Morgan fingerprint density at radius 3 is 2.71 bits per heavy atom. The first-order chi connectivity index (χ1) is 6.83. The molecule has 1 aliphatic rings. The maximum absolute atomic E-state index is 5.45. The van der Waals surface area contributed by atoms with E-state index in [1.165, 1.54) is 5.56 Å². The highest BCUT2D eigenvalue weighted by molar-refractivity contribution is 5.21. The van der Waals surface area contributed by atoms with Crippen molar-refractivity contribution in [2.75, 3.05) is 6.61 Å². The van der Waals surface area contributed by atoms with Crippen LogP contribution in [-0.2, 0) is 9.47 Å². The fourth-order valence-corrected chi connectivity index (χ4v) is 1.71. The Bertz CT molecular complexity index is 284. The first kappa shape index (κ1) is 9.69. The second kappa shape index (κ2) is 4.11. The van der Waals surface area contributed by atoms with Crippen molar-refractivity contribution >= 4 is 0 Å². The molecule has 1 fully saturated rings. The van der Waals surface area contributed by atoms with E-state index in [1.54, 1.807) is 0 Å². The van der Waals surface area contributed by atoms with Gasteiger partial charge in [-0.25, -0.2) is 0 Å². The zero-order valence-corrected chi connectivity index (χ0v) is 8.64. The fourth-order valence-electron chi connectivity index (χ4n) is 1.71. The monoisotopic (exact) mass is 192 g/mol. The highest BCUT2D eigenvalue weighted by Crippen LogP contribution is 2.36. The van der Waals surface area contributed by atoms with Gasteiger partial charge in [0.1, 0.15) is 6.10 Å². The third-order valence-corrected chi connectivity index (χ3v) is 2.63. The van der Waals surface area contributed by atoms with Gasteiger partial charge in [-0.3, -0.25) is 0 Å². The van der Waals surface area contributed by atoms with Crippen LogP contribution in [0.2, 0.25) is 0 Å². The van der Waals surface area contributed by atoms with Crippen molar-refractivity contribution in [2.45, 2.75) is 32.2 Å². The molecular formula is C12H16O2. The quantitative estimate of drug-likeness (QED) is 0.684. The van der Waals surface area contributed by atoms with E-state index < -0.39 is 0 Å². The molecule has 0 aliphatic carbocycles. The van der Waals surface area contributed by atoms with Crippen LogP contribution in [0.4, 0.5) is 0 Å². The Labute approximate surface area is 84.8 Å². The molecule has 0 N–H and O–H groups in total. The predicted molar refractivity (Wildman–Crippen MR) is 55.1 cm³/mol. The zero-order valence-electron chi connectivity index (χ0n) is 8.64. The van der Waals surface area contributed by atoms with Crippen molar-refractivity contribution < 1.29 is 9.47 Å². The van der Waals surface area contributed by atoms with E-state index in [0.717, 1.165) is 6.61 Å². The lowest BCUT2D eigenvalue weighted by Crippen LogP contribution is -2.07. The van der Waals surface area contributed by atoms with Gasteiger partial charge in [0.15, 0.2) is 6.29 Å². The molecule has 1 aromatic carbocycles. The van der Waals surface area contributed by atoms with Gasteiger partial charge in [0.05, 0.1) is 0 Å². The van der Waals surface area contributed by atoms with Crippen LogP contribution in [0.25, 0.3) is 0 Å². The van der Waals surface area contributed by atoms with Gasteiger partial charge in [-0.1, -0.05) is 37.3 Å². The van der Waals surface area contributed by atoms with Crippen LogP contribution in [0.1, 0.15) is 25.3 Å². The second-order valence-electron chi connectivity index (χ2n) is 3.62. The van der Waals surface area contributed by atoms with Crippen LogP contribution in [0, 0.1) is 0 Å². The summed E-state index contributed by atoms with van der Waals surface area (Å²) in [6, 6.07) is 10.4. The van der Waals surface area contributed by atoms with E-state index in [-0.39, 0.29) is 12.4 Å². The molecule has 1 aliphatic heterocycles. The molecule has 1 saturated heterocycles. The maximum atomic E-state index is 5.45. The Morgan fingerprint density at radius 2 is 2.07 bits per heavy atom. The van der Waals surface area contributed by atoms with Crippen LogP contribution in [0.15, 0.2) is 30.3 Å². The summed E-state index contributed by atoms with van der Waals surface area (Å²) in [7, 11) is 0. The van der Waals surface area contributed by atoms with E-state index in [2.05, 4.69) is 31.2 Å². The van der Waals surface area contributed by atoms with Crippen molar-refractivity contribution in [1.29, 1.82) is 0 Å². The van der Waals surface area contributed by atoms with Crippen LogP contribution in [0.5, 0.6) is 0 Å². The molecule has 0 bridgehead atoms. The molecule has 0 amide bonds. The summed E-state index contributed by atoms with van der Waals surface area (Å²) in [5, 5.41) is 0. The Balaban J connectivity index is 1.94. The number of benzene rings is 1. The lowest BCUT2D eigenvalue weighted by Gasteiger charge is -2.07. The van der Waals surface area contributed by atoms with Gasteiger partial charge < -0.3 is 9.47 Å². The molecule has 0 radical (unpaired) electrons. The van der Waals surface area contributed by atoms with Gasteiger partial charge in [0, 0.05) is 12.5 Å². The molecule has 3 unspecified atom stereocenters. The average Bonchev–Trinajstić information content (AvgIpc) is 2.98. The minimum atomic E-state index is 0.0233. The van der Waals surface area contributed by atoms with Gasteiger partial charge in [-0.05, 0) is 12.5 Å². The largest absolute Gasteiger partial charge is 0.350 e. The molecule has 3 atom stereocenters. The third-order valence-electron chi connectivity index (χ3n) is 2.63. The Kier molecular flexibility index (Phi) is 2.85. The summed E-state index contributed by atoms with van der Waals surface area (Å²) in [4.78, 5) is 0. The summed E-state index contributed by atoms with van der Waals surface area (Å²) in [6.07, 6.45) is 0.271. The fraction of sp³-hybridized carbons (Fsp3) is 0.500. The van der Waals surface area contributed by atoms with Gasteiger partial charge in [-0.15, -0.1) is 0 Å². The number of hydrogen-bond donors (Lipinski definition) is 0. The summed E-state index contributed by atoms with van der Waals surface area (Å²) in [6.45, 7) is 4.90. The highest BCUT2D eigenvalue weighted by Gasteiger charge is 2.44. The Morgan fingerprint density at radius 1 is 1.36 bits per heavy atom. The standard InChI is InChI=1S/C12H16O2/c1-3-13-12-11(14-12)9(2)10-7-5-4-6-8-10/h4-9,11-12H,3H2,1-2H3. The average molecular weight is 192 g/mol. The first-order valence-corrected chi connectivity index (χ1v) is 5.15. The van der Waals surface area contributed by atoms with Crippen LogP contribution in [-0.4, -0.2) is 19.0 Å². The molecule has 14 heavy (non-hydrogen) atoms. The predicted octanol–water partition coefficient (Wildman–Crippen LogP) is 2.55. The number of hydrogen-bond acceptors (Lipinski definition) is 2. The summed E-state index contributed by atoms with van der Waals surface area (Å²) < 4.78 is 10.8. The number of rotatable bonds is 4. The smallest absolute Gasteiger partial charge is 0.184 e. The molecule has 2 heteroatoms. The zero-order chi connectivity index (χ0) is 9.97. The van der Waals surface area contributed by atoms with Crippen LogP contribution >= 0.6 is 0 Å². The third kappa shape index (κ3) is 1.97. The van der Waals surface area contributed by atoms with Crippen molar-refractivity contribution in [1.82, 2.24) is 0 Å². The first-order valence-electron chi connectivity index (χ1n) is 5.15. The molecule has 0 saturated carbocycles. The SMILES string of the molecule is CCOC1OC1C(C)c1ccccc1. The van der Waals surface area contributed by atoms with E-state index in [1.807, 2.05) is 13.0 Å². The molecule has 1 heterocycles.